The third-order valence-corrected chi connectivity index (χ3v) is 7.99. The second kappa shape index (κ2) is 12.5. The van der Waals surface area contributed by atoms with Gasteiger partial charge in [0.25, 0.3) is 11.1 Å². The van der Waals surface area contributed by atoms with Gasteiger partial charge in [-0.25, -0.2) is 9.37 Å². The smallest absolute Gasteiger partial charge is 0.274 e. The number of halogens is 1. The van der Waals surface area contributed by atoms with Crippen molar-refractivity contribution in [3.05, 3.63) is 116 Å². The SMILES string of the molecule is COCCNCc1ccc(Nc2cc(-c3cccc(-n4ccc5cc(C6CC6)cc(F)c5c4=O)c3CO)cn(C)c2=O)nc1. The largest absolute Gasteiger partial charge is 0.392 e. The molecule has 0 amide bonds. The number of aromatic nitrogens is 3. The molecule has 1 fully saturated rings. The first-order valence-electron chi connectivity index (χ1n) is 14.6. The monoisotopic (exact) mass is 595 g/mol. The maximum absolute atomic E-state index is 15.2. The zero-order valence-electron chi connectivity index (χ0n) is 24.6. The fourth-order valence-electron chi connectivity index (χ4n) is 5.53. The van der Waals surface area contributed by atoms with Crippen LogP contribution in [-0.2, 0) is 24.9 Å². The van der Waals surface area contributed by atoms with Crippen molar-refractivity contribution in [2.45, 2.75) is 31.9 Å². The molecule has 0 radical (unpaired) electrons. The Kier molecular flexibility index (Phi) is 8.38. The van der Waals surface area contributed by atoms with Gasteiger partial charge in [0.15, 0.2) is 0 Å². The number of benzene rings is 2. The van der Waals surface area contributed by atoms with E-state index in [0.717, 1.165) is 30.5 Å². The van der Waals surface area contributed by atoms with E-state index in [4.69, 9.17) is 4.74 Å². The van der Waals surface area contributed by atoms with Crippen molar-refractivity contribution in [1.29, 1.82) is 0 Å². The second-order valence-corrected chi connectivity index (χ2v) is 11.1. The first kappa shape index (κ1) is 29.4. The molecule has 1 aliphatic carbocycles. The second-order valence-electron chi connectivity index (χ2n) is 11.1. The highest BCUT2D eigenvalue weighted by Crippen LogP contribution is 2.41. The van der Waals surface area contributed by atoms with E-state index in [2.05, 4.69) is 15.6 Å². The summed E-state index contributed by atoms with van der Waals surface area (Å²) in [6, 6.07) is 15.8. The Hall–Kier alpha value is -4.64. The van der Waals surface area contributed by atoms with Crippen molar-refractivity contribution < 1.29 is 14.2 Å². The minimum atomic E-state index is -0.539. The number of fused-ring (bicyclic) bond motifs is 1. The number of nitrogens with one attached hydrogen (secondary N) is 2. The molecular formula is C34H34FN5O4. The molecule has 0 atom stereocenters. The Bertz CT molecular complexity index is 1950. The molecule has 3 heterocycles. The molecule has 10 heteroatoms. The normalized spacial score (nSPS) is 13.0. The van der Waals surface area contributed by atoms with Crippen LogP contribution in [0, 0.1) is 5.82 Å². The van der Waals surface area contributed by atoms with Crippen molar-refractivity contribution >= 4 is 22.3 Å². The van der Waals surface area contributed by atoms with Crippen LogP contribution in [-0.4, -0.2) is 39.5 Å². The number of rotatable bonds is 11. The fraction of sp³-hybridized carbons (Fsp3) is 0.265. The lowest BCUT2D eigenvalue weighted by Crippen LogP contribution is -2.21. The number of anilines is 2. The van der Waals surface area contributed by atoms with Gasteiger partial charge in [0, 0.05) is 57.0 Å². The van der Waals surface area contributed by atoms with Gasteiger partial charge in [-0.3, -0.25) is 14.2 Å². The zero-order chi connectivity index (χ0) is 30.8. The predicted octanol–water partition coefficient (Wildman–Crippen LogP) is 4.74. The first-order valence-corrected chi connectivity index (χ1v) is 14.6. The topological polar surface area (TPSA) is 110 Å². The highest BCUT2D eigenvalue weighted by molar-refractivity contribution is 5.84. The third kappa shape index (κ3) is 5.92. The molecular weight excluding hydrogens is 561 g/mol. The zero-order valence-corrected chi connectivity index (χ0v) is 24.6. The Morgan fingerprint density at radius 1 is 1.09 bits per heavy atom. The number of aliphatic hydroxyl groups is 1. The van der Waals surface area contributed by atoms with Crippen LogP contribution in [0.5, 0.6) is 0 Å². The van der Waals surface area contributed by atoms with Crippen LogP contribution < -0.4 is 21.8 Å². The average molecular weight is 596 g/mol. The van der Waals surface area contributed by atoms with Crippen LogP contribution in [0.3, 0.4) is 0 Å². The highest BCUT2D eigenvalue weighted by Gasteiger charge is 2.25. The molecule has 3 aromatic heterocycles. The van der Waals surface area contributed by atoms with Crippen molar-refractivity contribution in [2.24, 2.45) is 7.05 Å². The quantitative estimate of drug-likeness (QED) is 0.189. The summed E-state index contributed by atoms with van der Waals surface area (Å²) in [5.74, 6) is 0.327. The van der Waals surface area contributed by atoms with Crippen LogP contribution in [0.25, 0.3) is 27.6 Å². The maximum Gasteiger partial charge on any atom is 0.274 e. The summed E-state index contributed by atoms with van der Waals surface area (Å²) in [6.45, 7) is 1.60. The molecule has 9 nitrogen and oxygen atoms in total. The highest BCUT2D eigenvalue weighted by atomic mass is 19.1. The number of hydrogen-bond donors (Lipinski definition) is 3. The summed E-state index contributed by atoms with van der Waals surface area (Å²) >= 11 is 0. The molecule has 0 bridgehead atoms. The van der Waals surface area contributed by atoms with Crippen LogP contribution in [0.4, 0.5) is 15.9 Å². The molecule has 0 spiro atoms. The summed E-state index contributed by atoms with van der Waals surface area (Å²) in [5.41, 5.74) is 3.64. The van der Waals surface area contributed by atoms with E-state index in [9.17, 15) is 14.7 Å². The Morgan fingerprint density at radius 2 is 1.93 bits per heavy atom. The van der Waals surface area contributed by atoms with E-state index in [0.29, 0.717) is 58.3 Å². The summed E-state index contributed by atoms with van der Waals surface area (Å²) in [4.78, 5) is 31.1. The molecule has 0 aliphatic heterocycles. The summed E-state index contributed by atoms with van der Waals surface area (Å²) in [6.07, 6.45) is 7.10. The van der Waals surface area contributed by atoms with Gasteiger partial charge in [0.1, 0.15) is 17.3 Å². The molecule has 226 valence electrons. The summed E-state index contributed by atoms with van der Waals surface area (Å²) < 4.78 is 23.1. The molecule has 6 rings (SSSR count). The van der Waals surface area contributed by atoms with E-state index >= 15 is 4.39 Å². The molecule has 44 heavy (non-hydrogen) atoms. The minimum absolute atomic E-state index is 0.0177. The number of pyridine rings is 3. The van der Waals surface area contributed by atoms with Crippen molar-refractivity contribution in [3.63, 3.8) is 0 Å². The van der Waals surface area contributed by atoms with Crippen molar-refractivity contribution in [3.8, 4) is 16.8 Å². The van der Waals surface area contributed by atoms with Gasteiger partial charge in [-0.1, -0.05) is 24.3 Å². The van der Waals surface area contributed by atoms with Gasteiger partial charge in [0.2, 0.25) is 0 Å². The van der Waals surface area contributed by atoms with Crippen molar-refractivity contribution in [2.75, 3.05) is 25.6 Å². The minimum Gasteiger partial charge on any atom is -0.392 e. The van der Waals surface area contributed by atoms with Crippen LogP contribution >= 0.6 is 0 Å². The van der Waals surface area contributed by atoms with E-state index in [1.165, 1.54) is 15.2 Å². The van der Waals surface area contributed by atoms with Gasteiger partial charge in [-0.05, 0) is 71.2 Å². The molecule has 0 unspecified atom stereocenters. The molecule has 0 saturated heterocycles. The van der Waals surface area contributed by atoms with Crippen LogP contribution in [0.15, 0.2) is 82.8 Å². The lowest BCUT2D eigenvalue weighted by atomic mass is 9.98. The Morgan fingerprint density at radius 3 is 2.66 bits per heavy atom. The number of methoxy groups -OCH3 is 1. The maximum atomic E-state index is 15.2. The molecule has 3 N–H and O–H groups in total. The van der Waals surface area contributed by atoms with Gasteiger partial charge in [-0.15, -0.1) is 0 Å². The summed E-state index contributed by atoms with van der Waals surface area (Å²) in [7, 11) is 3.30. The van der Waals surface area contributed by atoms with E-state index in [-0.39, 0.29) is 17.6 Å². The van der Waals surface area contributed by atoms with Gasteiger partial charge in [0.05, 0.1) is 24.3 Å². The number of ether oxygens (including phenoxy) is 1. The Labute approximate surface area is 253 Å². The third-order valence-electron chi connectivity index (χ3n) is 7.99. The van der Waals surface area contributed by atoms with Gasteiger partial charge in [-0.2, -0.15) is 0 Å². The predicted molar refractivity (Wildman–Crippen MR) is 169 cm³/mol. The average Bonchev–Trinajstić information content (AvgIpc) is 3.88. The van der Waals surface area contributed by atoms with E-state index < -0.39 is 11.4 Å². The van der Waals surface area contributed by atoms with Gasteiger partial charge >= 0.3 is 0 Å². The fourth-order valence-corrected chi connectivity index (χ4v) is 5.53. The molecule has 1 aliphatic rings. The van der Waals surface area contributed by atoms with Crippen LogP contribution in [0.1, 0.15) is 35.4 Å². The molecule has 5 aromatic rings. The lowest BCUT2D eigenvalue weighted by Gasteiger charge is -2.17. The number of aliphatic hydroxyl groups excluding tert-OH is 1. The standard InChI is InChI=1S/C34H34FN5O4/c1-39-19-25(16-29(33(39)42)38-31-9-6-21(18-37-31)17-36-11-13-44-2)26-4-3-5-30(27(26)20-41)40-12-10-23-14-24(22-7-8-22)15-28(35)32(23)34(40)43/h3-6,9-10,12,14-16,18-19,22,36,41H,7-8,11,13,17,20H2,1-2H3,(H,37,38). The number of hydrogen-bond acceptors (Lipinski definition) is 7. The van der Waals surface area contributed by atoms with Crippen molar-refractivity contribution in [1.82, 2.24) is 19.4 Å². The van der Waals surface area contributed by atoms with Crippen LogP contribution in [0.2, 0.25) is 0 Å². The number of nitrogens with zero attached hydrogens (tertiary/aromatic N) is 3. The molecule has 1 saturated carbocycles. The lowest BCUT2D eigenvalue weighted by molar-refractivity contribution is 0.199. The summed E-state index contributed by atoms with van der Waals surface area (Å²) in [5, 5.41) is 17.5. The van der Waals surface area contributed by atoms with E-state index in [1.807, 2.05) is 18.2 Å². The first-order chi connectivity index (χ1) is 21.4. The number of aryl methyl sites for hydroxylation is 1. The Balaban J connectivity index is 1.34. The molecule has 2 aromatic carbocycles. The van der Waals surface area contributed by atoms with Gasteiger partial charge < -0.3 is 25.0 Å². The van der Waals surface area contributed by atoms with E-state index in [1.54, 1.807) is 63.1 Å².